The Balaban J connectivity index is 1.43. The summed E-state index contributed by atoms with van der Waals surface area (Å²) in [5.41, 5.74) is 1.58. The minimum Gasteiger partial charge on any atom is -0.377 e. The van der Waals surface area contributed by atoms with E-state index in [-0.39, 0.29) is 11.9 Å². The average molecular weight is 350 g/mol. The molecule has 3 unspecified atom stereocenters. The lowest BCUT2D eigenvalue weighted by molar-refractivity contribution is -0.173. The number of hydrogen-bond donors (Lipinski definition) is 0. The molecule has 25 heavy (non-hydrogen) atoms. The van der Waals surface area contributed by atoms with Crippen LogP contribution >= 0.6 is 0 Å². The summed E-state index contributed by atoms with van der Waals surface area (Å²) in [7, 11) is 0. The van der Waals surface area contributed by atoms with Crippen molar-refractivity contribution in [3.63, 3.8) is 0 Å². The van der Waals surface area contributed by atoms with E-state index in [1.54, 1.807) is 5.57 Å². The largest absolute Gasteiger partial charge is 0.377 e. The maximum atomic E-state index is 6.36. The lowest BCUT2D eigenvalue weighted by Gasteiger charge is -2.31. The van der Waals surface area contributed by atoms with E-state index >= 15 is 0 Å². The SMILES string of the molecule is C=CCN(CCC1COC2(CC=C(CCC)CC2)O1)CC1CCCO1. The molecule has 3 rings (SSSR count). The van der Waals surface area contributed by atoms with E-state index in [4.69, 9.17) is 14.2 Å². The van der Waals surface area contributed by atoms with Crippen molar-refractivity contribution >= 4 is 0 Å². The highest BCUT2D eigenvalue weighted by Gasteiger charge is 2.41. The van der Waals surface area contributed by atoms with Crippen LogP contribution < -0.4 is 0 Å². The Labute approximate surface area is 153 Å². The summed E-state index contributed by atoms with van der Waals surface area (Å²) < 4.78 is 18.3. The van der Waals surface area contributed by atoms with Crippen molar-refractivity contribution < 1.29 is 14.2 Å². The Hall–Kier alpha value is -0.680. The van der Waals surface area contributed by atoms with Crippen LogP contribution in [-0.4, -0.2) is 55.7 Å². The normalized spacial score (nSPS) is 32.5. The van der Waals surface area contributed by atoms with Gasteiger partial charge in [-0.1, -0.05) is 31.1 Å². The molecule has 2 heterocycles. The van der Waals surface area contributed by atoms with Gasteiger partial charge < -0.3 is 14.2 Å². The Morgan fingerprint density at radius 2 is 2.32 bits per heavy atom. The molecule has 0 aromatic rings. The highest BCUT2D eigenvalue weighted by molar-refractivity contribution is 5.09. The fourth-order valence-electron chi connectivity index (χ4n) is 4.24. The van der Waals surface area contributed by atoms with Crippen LogP contribution in [0.2, 0.25) is 0 Å². The number of rotatable bonds is 9. The molecule has 0 aromatic carbocycles. The van der Waals surface area contributed by atoms with Crippen molar-refractivity contribution in [3.8, 4) is 0 Å². The first-order chi connectivity index (χ1) is 12.2. The van der Waals surface area contributed by atoms with Crippen LogP contribution in [0.3, 0.4) is 0 Å². The van der Waals surface area contributed by atoms with Gasteiger partial charge in [0.1, 0.15) is 0 Å². The first kappa shape index (κ1) is 19.1. The van der Waals surface area contributed by atoms with Crippen molar-refractivity contribution in [2.24, 2.45) is 0 Å². The summed E-state index contributed by atoms with van der Waals surface area (Å²) in [6, 6.07) is 0. The molecule has 1 spiro atoms. The molecule has 2 fully saturated rings. The first-order valence-corrected chi connectivity index (χ1v) is 10.2. The fourth-order valence-corrected chi connectivity index (χ4v) is 4.24. The summed E-state index contributed by atoms with van der Waals surface area (Å²) in [4.78, 5) is 2.44. The predicted molar refractivity (Wildman–Crippen MR) is 101 cm³/mol. The zero-order valence-electron chi connectivity index (χ0n) is 15.9. The molecule has 0 amide bonds. The van der Waals surface area contributed by atoms with Gasteiger partial charge in [-0.2, -0.15) is 0 Å². The van der Waals surface area contributed by atoms with Crippen LogP contribution in [0.5, 0.6) is 0 Å². The molecule has 4 nitrogen and oxygen atoms in total. The van der Waals surface area contributed by atoms with Gasteiger partial charge in [0.25, 0.3) is 0 Å². The Kier molecular flexibility index (Phi) is 7.11. The lowest BCUT2D eigenvalue weighted by atomic mass is 9.92. The van der Waals surface area contributed by atoms with Gasteiger partial charge in [0, 0.05) is 39.1 Å². The van der Waals surface area contributed by atoms with Crippen LogP contribution in [0.4, 0.5) is 0 Å². The third kappa shape index (κ3) is 5.40. The number of allylic oxidation sites excluding steroid dienone is 1. The second kappa shape index (κ2) is 9.31. The molecule has 0 N–H and O–H groups in total. The molecule has 4 heteroatoms. The summed E-state index contributed by atoms with van der Waals surface area (Å²) in [5.74, 6) is -0.334. The molecule has 0 radical (unpaired) electrons. The lowest BCUT2D eigenvalue weighted by Crippen LogP contribution is -2.36. The van der Waals surface area contributed by atoms with E-state index in [2.05, 4.69) is 24.5 Å². The summed E-state index contributed by atoms with van der Waals surface area (Å²) in [6.07, 6.45) is 13.9. The molecule has 0 saturated carbocycles. The van der Waals surface area contributed by atoms with Crippen molar-refractivity contribution in [1.29, 1.82) is 0 Å². The van der Waals surface area contributed by atoms with Crippen LogP contribution in [0.1, 0.15) is 58.3 Å². The minimum absolute atomic E-state index is 0.220. The van der Waals surface area contributed by atoms with E-state index in [0.717, 1.165) is 58.5 Å². The van der Waals surface area contributed by atoms with Gasteiger partial charge in [0.05, 0.1) is 18.8 Å². The number of hydrogen-bond acceptors (Lipinski definition) is 4. The molecule has 2 saturated heterocycles. The van der Waals surface area contributed by atoms with Gasteiger partial charge in [-0.15, -0.1) is 6.58 Å². The van der Waals surface area contributed by atoms with Crippen LogP contribution in [0, 0.1) is 0 Å². The standard InChI is InChI=1S/C21H35NO3/c1-3-6-18-8-11-21(12-9-18)24-17-20(25-21)10-14-22(13-4-2)16-19-7-5-15-23-19/h4,8,19-20H,2-3,5-7,9-17H2,1H3. The third-order valence-electron chi connectivity index (χ3n) is 5.65. The zero-order chi connectivity index (χ0) is 17.5. The molecule has 3 aliphatic rings. The number of ether oxygens (including phenoxy) is 3. The first-order valence-electron chi connectivity index (χ1n) is 10.2. The molecular weight excluding hydrogens is 314 g/mol. The maximum absolute atomic E-state index is 6.36. The van der Waals surface area contributed by atoms with Crippen molar-refractivity contribution in [3.05, 3.63) is 24.3 Å². The van der Waals surface area contributed by atoms with Gasteiger partial charge in [-0.05, 0) is 32.1 Å². The fraction of sp³-hybridized carbons (Fsp3) is 0.810. The van der Waals surface area contributed by atoms with Crippen molar-refractivity contribution in [2.45, 2.75) is 76.3 Å². The van der Waals surface area contributed by atoms with E-state index in [0.29, 0.717) is 6.10 Å². The van der Waals surface area contributed by atoms with Gasteiger partial charge in [-0.3, -0.25) is 4.90 Å². The molecule has 0 bridgehead atoms. The van der Waals surface area contributed by atoms with E-state index in [1.807, 2.05) is 6.08 Å². The molecular formula is C21H35NO3. The second-order valence-corrected chi connectivity index (χ2v) is 7.75. The summed E-state index contributed by atoms with van der Waals surface area (Å²) >= 11 is 0. The summed E-state index contributed by atoms with van der Waals surface area (Å²) in [5, 5.41) is 0. The Morgan fingerprint density at radius 1 is 1.40 bits per heavy atom. The average Bonchev–Trinajstić information content (AvgIpc) is 3.26. The van der Waals surface area contributed by atoms with E-state index in [1.165, 1.54) is 25.7 Å². The van der Waals surface area contributed by atoms with Crippen molar-refractivity contribution in [1.82, 2.24) is 4.90 Å². The maximum Gasteiger partial charge on any atom is 0.172 e. The zero-order valence-corrected chi connectivity index (χ0v) is 15.9. The van der Waals surface area contributed by atoms with E-state index < -0.39 is 0 Å². The summed E-state index contributed by atoms with van der Waals surface area (Å²) in [6.45, 7) is 10.7. The predicted octanol–water partition coefficient (Wildman–Crippen LogP) is 4.07. The highest BCUT2D eigenvalue weighted by Crippen LogP contribution is 2.38. The van der Waals surface area contributed by atoms with Crippen molar-refractivity contribution in [2.75, 3.05) is 32.8 Å². The molecule has 1 aliphatic carbocycles. The van der Waals surface area contributed by atoms with Gasteiger partial charge in [0.15, 0.2) is 5.79 Å². The molecule has 142 valence electrons. The van der Waals surface area contributed by atoms with Gasteiger partial charge in [-0.25, -0.2) is 0 Å². The topological polar surface area (TPSA) is 30.9 Å². The smallest absolute Gasteiger partial charge is 0.172 e. The molecule has 2 aliphatic heterocycles. The number of nitrogens with zero attached hydrogens (tertiary/aromatic N) is 1. The van der Waals surface area contributed by atoms with Crippen LogP contribution in [0.25, 0.3) is 0 Å². The Morgan fingerprint density at radius 3 is 3.00 bits per heavy atom. The Bertz CT molecular complexity index is 458. The van der Waals surface area contributed by atoms with Crippen LogP contribution in [-0.2, 0) is 14.2 Å². The third-order valence-corrected chi connectivity index (χ3v) is 5.65. The molecule has 3 atom stereocenters. The quantitative estimate of drug-likeness (QED) is 0.587. The molecule has 0 aromatic heterocycles. The van der Waals surface area contributed by atoms with Gasteiger partial charge >= 0.3 is 0 Å². The van der Waals surface area contributed by atoms with Crippen LogP contribution in [0.15, 0.2) is 24.3 Å². The minimum atomic E-state index is -0.334. The highest BCUT2D eigenvalue weighted by atomic mass is 16.7. The monoisotopic (exact) mass is 349 g/mol. The van der Waals surface area contributed by atoms with E-state index in [9.17, 15) is 0 Å². The van der Waals surface area contributed by atoms with Gasteiger partial charge in [0.2, 0.25) is 0 Å². The second-order valence-electron chi connectivity index (χ2n) is 7.75.